The first-order valence-corrected chi connectivity index (χ1v) is 5.53. The predicted molar refractivity (Wildman–Crippen MR) is 66.2 cm³/mol. The van der Waals surface area contributed by atoms with Gasteiger partial charge in [0.2, 0.25) is 0 Å². The molecule has 0 aliphatic rings. The highest BCUT2D eigenvalue weighted by Gasteiger charge is 2.29. The lowest BCUT2D eigenvalue weighted by Crippen LogP contribution is -2.04. The summed E-state index contributed by atoms with van der Waals surface area (Å²) < 4.78 is 37.1. The molecule has 0 bridgehead atoms. The molecule has 0 aromatic heterocycles. The fourth-order valence-corrected chi connectivity index (χ4v) is 1.57. The van der Waals surface area contributed by atoms with Crippen molar-refractivity contribution in [3.63, 3.8) is 0 Å². The Kier molecular flexibility index (Phi) is 3.48. The maximum atomic E-state index is 12.4. The third-order valence-electron chi connectivity index (χ3n) is 2.35. The second-order valence-corrected chi connectivity index (χ2v) is 4.14. The van der Waals surface area contributed by atoms with Gasteiger partial charge in [-0.15, -0.1) is 0 Å². The first-order chi connectivity index (χ1) is 8.45. The summed E-state index contributed by atoms with van der Waals surface area (Å²) in [4.78, 5) is 0. The Bertz CT molecular complexity index is 517. The Balaban J connectivity index is 2.13. The molecular formula is C13H9ClF3N. The van der Waals surface area contributed by atoms with Crippen LogP contribution in [0.3, 0.4) is 0 Å². The zero-order valence-corrected chi connectivity index (χ0v) is 9.89. The van der Waals surface area contributed by atoms with Gasteiger partial charge in [0.05, 0.1) is 5.56 Å². The minimum atomic E-state index is -4.31. The van der Waals surface area contributed by atoms with E-state index in [9.17, 15) is 13.2 Å². The van der Waals surface area contributed by atoms with Crippen molar-refractivity contribution >= 4 is 23.0 Å². The first kappa shape index (κ1) is 12.8. The maximum Gasteiger partial charge on any atom is 0.416 e. The quantitative estimate of drug-likeness (QED) is 0.801. The van der Waals surface area contributed by atoms with Gasteiger partial charge >= 0.3 is 6.18 Å². The fraction of sp³-hybridized carbons (Fsp3) is 0.0769. The van der Waals surface area contributed by atoms with Crippen LogP contribution in [-0.2, 0) is 6.18 Å². The van der Waals surface area contributed by atoms with Gasteiger partial charge in [0.1, 0.15) is 0 Å². The van der Waals surface area contributed by atoms with Crippen LogP contribution in [0.15, 0.2) is 48.5 Å². The van der Waals surface area contributed by atoms with Crippen molar-refractivity contribution in [1.82, 2.24) is 0 Å². The van der Waals surface area contributed by atoms with Gasteiger partial charge in [0, 0.05) is 16.4 Å². The van der Waals surface area contributed by atoms with Gasteiger partial charge in [0.25, 0.3) is 0 Å². The van der Waals surface area contributed by atoms with E-state index in [0.717, 1.165) is 17.8 Å². The number of hydrogen-bond acceptors (Lipinski definition) is 1. The number of rotatable bonds is 2. The molecule has 0 unspecified atom stereocenters. The van der Waals surface area contributed by atoms with E-state index in [1.54, 1.807) is 24.3 Å². The van der Waals surface area contributed by atoms with Crippen molar-refractivity contribution in [2.24, 2.45) is 0 Å². The summed E-state index contributed by atoms with van der Waals surface area (Å²) in [6, 6.07) is 11.8. The van der Waals surface area contributed by atoms with Gasteiger partial charge in [-0.1, -0.05) is 11.6 Å². The van der Waals surface area contributed by atoms with E-state index >= 15 is 0 Å². The monoisotopic (exact) mass is 271 g/mol. The van der Waals surface area contributed by atoms with E-state index in [2.05, 4.69) is 5.32 Å². The number of benzene rings is 2. The fourth-order valence-electron chi connectivity index (χ4n) is 1.44. The molecule has 0 saturated heterocycles. The van der Waals surface area contributed by atoms with Crippen LogP contribution >= 0.6 is 11.6 Å². The molecule has 0 heterocycles. The van der Waals surface area contributed by atoms with Gasteiger partial charge < -0.3 is 5.32 Å². The largest absolute Gasteiger partial charge is 0.416 e. The lowest BCUT2D eigenvalue weighted by atomic mass is 10.2. The average molecular weight is 272 g/mol. The smallest absolute Gasteiger partial charge is 0.356 e. The van der Waals surface area contributed by atoms with Gasteiger partial charge in [-0.3, -0.25) is 0 Å². The summed E-state index contributed by atoms with van der Waals surface area (Å²) in [5.41, 5.74) is 0.689. The molecule has 0 fully saturated rings. The first-order valence-electron chi connectivity index (χ1n) is 5.15. The van der Waals surface area contributed by atoms with Crippen molar-refractivity contribution in [2.45, 2.75) is 6.18 Å². The zero-order valence-electron chi connectivity index (χ0n) is 9.13. The second-order valence-electron chi connectivity index (χ2n) is 3.71. The number of hydrogen-bond donors (Lipinski definition) is 1. The third kappa shape index (κ3) is 3.17. The molecule has 0 aliphatic carbocycles. The molecule has 0 aliphatic heterocycles. The van der Waals surface area contributed by atoms with E-state index in [0.29, 0.717) is 10.7 Å². The van der Waals surface area contributed by atoms with Crippen LogP contribution in [0.5, 0.6) is 0 Å². The highest BCUT2D eigenvalue weighted by Crippen LogP contribution is 2.30. The summed E-state index contributed by atoms with van der Waals surface area (Å²) >= 11 is 5.73. The molecule has 2 aromatic rings. The molecule has 0 atom stereocenters. The number of halogens is 4. The molecule has 0 amide bonds. The lowest BCUT2D eigenvalue weighted by molar-refractivity contribution is -0.137. The second kappa shape index (κ2) is 4.90. The van der Waals surface area contributed by atoms with Crippen molar-refractivity contribution in [1.29, 1.82) is 0 Å². The molecule has 1 nitrogen and oxygen atoms in total. The average Bonchev–Trinajstić information content (AvgIpc) is 2.32. The summed E-state index contributed by atoms with van der Waals surface area (Å²) in [6.45, 7) is 0. The van der Waals surface area contributed by atoms with Gasteiger partial charge in [0.15, 0.2) is 0 Å². The SMILES string of the molecule is FC(F)(F)c1ccc(Nc2ccc(Cl)cc2)cc1. The molecule has 2 rings (SSSR count). The number of alkyl halides is 3. The molecule has 5 heteroatoms. The van der Waals surface area contributed by atoms with E-state index in [1.807, 2.05) is 0 Å². The minimum Gasteiger partial charge on any atom is -0.356 e. The highest BCUT2D eigenvalue weighted by molar-refractivity contribution is 6.30. The number of anilines is 2. The Morgan fingerprint density at radius 2 is 1.22 bits per heavy atom. The predicted octanol–water partition coefficient (Wildman–Crippen LogP) is 5.10. The molecule has 0 saturated carbocycles. The van der Waals surface area contributed by atoms with Crippen LogP contribution in [0.25, 0.3) is 0 Å². The Morgan fingerprint density at radius 3 is 1.67 bits per heavy atom. The van der Waals surface area contributed by atoms with Crippen LogP contribution in [0.4, 0.5) is 24.5 Å². The van der Waals surface area contributed by atoms with Gasteiger partial charge in [-0.05, 0) is 48.5 Å². The minimum absolute atomic E-state index is 0.588. The lowest BCUT2D eigenvalue weighted by Gasteiger charge is -2.09. The third-order valence-corrected chi connectivity index (χ3v) is 2.60. The normalized spacial score (nSPS) is 11.3. The van der Waals surface area contributed by atoms with Crippen LogP contribution in [-0.4, -0.2) is 0 Å². The van der Waals surface area contributed by atoms with Crippen LogP contribution in [0.1, 0.15) is 5.56 Å². The van der Waals surface area contributed by atoms with E-state index in [-0.39, 0.29) is 0 Å². The van der Waals surface area contributed by atoms with Crippen molar-refractivity contribution in [3.8, 4) is 0 Å². The van der Waals surface area contributed by atoms with Crippen molar-refractivity contribution in [2.75, 3.05) is 5.32 Å². The molecule has 0 radical (unpaired) electrons. The Hall–Kier alpha value is -1.68. The molecule has 18 heavy (non-hydrogen) atoms. The zero-order chi connectivity index (χ0) is 13.2. The molecule has 1 N–H and O–H groups in total. The topological polar surface area (TPSA) is 12.0 Å². The standard InChI is InChI=1S/C13H9ClF3N/c14-10-3-7-12(8-4-10)18-11-5-1-9(2-6-11)13(15,16)17/h1-8,18H. The molecule has 94 valence electrons. The van der Waals surface area contributed by atoms with Gasteiger partial charge in [-0.2, -0.15) is 13.2 Å². The van der Waals surface area contributed by atoms with Crippen LogP contribution < -0.4 is 5.32 Å². The van der Waals surface area contributed by atoms with Crippen molar-refractivity contribution < 1.29 is 13.2 Å². The van der Waals surface area contributed by atoms with E-state index in [1.165, 1.54) is 12.1 Å². The van der Waals surface area contributed by atoms with E-state index < -0.39 is 11.7 Å². The summed E-state index contributed by atoms with van der Waals surface area (Å²) in [7, 11) is 0. The van der Waals surface area contributed by atoms with Crippen LogP contribution in [0.2, 0.25) is 5.02 Å². The van der Waals surface area contributed by atoms with E-state index in [4.69, 9.17) is 11.6 Å². The Labute approximate surface area is 107 Å². The number of nitrogens with one attached hydrogen (secondary N) is 1. The molecule has 2 aromatic carbocycles. The van der Waals surface area contributed by atoms with Crippen LogP contribution in [0, 0.1) is 0 Å². The van der Waals surface area contributed by atoms with Gasteiger partial charge in [-0.25, -0.2) is 0 Å². The molecular weight excluding hydrogens is 263 g/mol. The summed E-state index contributed by atoms with van der Waals surface area (Å²) in [5.74, 6) is 0. The van der Waals surface area contributed by atoms with Crippen molar-refractivity contribution in [3.05, 3.63) is 59.1 Å². The summed E-state index contributed by atoms with van der Waals surface area (Å²) in [6.07, 6.45) is -4.31. The Morgan fingerprint density at radius 1 is 0.778 bits per heavy atom. The summed E-state index contributed by atoms with van der Waals surface area (Å²) in [5, 5.41) is 3.59. The maximum absolute atomic E-state index is 12.4. The highest BCUT2D eigenvalue weighted by atomic mass is 35.5. The molecule has 0 spiro atoms.